The summed E-state index contributed by atoms with van der Waals surface area (Å²) in [5.74, 6) is 0.953. The predicted octanol–water partition coefficient (Wildman–Crippen LogP) is 2.52. The average Bonchev–Trinajstić information content (AvgIpc) is 2.73. The van der Waals surface area contributed by atoms with E-state index >= 15 is 0 Å². The zero-order valence-electron chi connectivity index (χ0n) is 16.4. The second kappa shape index (κ2) is 9.09. The summed E-state index contributed by atoms with van der Waals surface area (Å²) in [6.45, 7) is 0.253. The number of nitrogens with zero attached hydrogens (tertiary/aromatic N) is 1. The first-order valence-electron chi connectivity index (χ1n) is 9.27. The summed E-state index contributed by atoms with van der Waals surface area (Å²) >= 11 is 0. The van der Waals surface area contributed by atoms with Crippen LogP contribution in [0.3, 0.4) is 0 Å². The molecule has 29 heavy (non-hydrogen) atoms. The van der Waals surface area contributed by atoms with Crippen molar-refractivity contribution in [3.05, 3.63) is 63.3 Å². The fraction of sp³-hybridized carbons (Fsp3) is 0.286. The zero-order chi connectivity index (χ0) is 20.8. The fourth-order valence-corrected chi connectivity index (χ4v) is 3.09. The molecule has 8 nitrogen and oxygen atoms in total. The molecular weight excluding hydrogens is 374 g/mol. The van der Waals surface area contributed by atoms with Crippen molar-refractivity contribution in [3.8, 4) is 11.5 Å². The van der Waals surface area contributed by atoms with Crippen molar-refractivity contribution in [1.29, 1.82) is 0 Å². The number of rotatable bonds is 8. The fourth-order valence-electron chi connectivity index (χ4n) is 3.09. The molecule has 0 fully saturated rings. The lowest BCUT2D eigenvalue weighted by Crippen LogP contribution is -2.35. The molecule has 8 heteroatoms. The number of ether oxygens (including phenoxy) is 2. The van der Waals surface area contributed by atoms with Crippen LogP contribution in [-0.2, 0) is 11.3 Å². The Morgan fingerprint density at radius 2 is 1.79 bits per heavy atom. The summed E-state index contributed by atoms with van der Waals surface area (Å²) < 4.78 is 11.6. The van der Waals surface area contributed by atoms with Gasteiger partial charge in [-0.3, -0.25) is 14.2 Å². The third-order valence-electron chi connectivity index (χ3n) is 4.59. The molecule has 1 aromatic heterocycles. The van der Waals surface area contributed by atoms with Gasteiger partial charge in [-0.25, -0.2) is 4.79 Å². The first-order valence-corrected chi connectivity index (χ1v) is 9.27. The van der Waals surface area contributed by atoms with Crippen molar-refractivity contribution in [2.75, 3.05) is 19.5 Å². The minimum Gasteiger partial charge on any atom is -0.493 e. The number of benzene rings is 2. The molecule has 0 radical (unpaired) electrons. The van der Waals surface area contributed by atoms with Crippen LogP contribution in [0.4, 0.5) is 5.69 Å². The van der Waals surface area contributed by atoms with Gasteiger partial charge in [-0.2, -0.15) is 0 Å². The summed E-state index contributed by atoms with van der Waals surface area (Å²) in [6.07, 6.45) is 1.34. The Bertz CT molecular complexity index is 1130. The number of aromatic amines is 1. The highest BCUT2D eigenvalue weighted by Gasteiger charge is 2.09. The quantitative estimate of drug-likeness (QED) is 0.569. The number of aromatic nitrogens is 2. The van der Waals surface area contributed by atoms with E-state index in [4.69, 9.17) is 9.47 Å². The summed E-state index contributed by atoms with van der Waals surface area (Å²) in [7, 11) is 3.07. The lowest BCUT2D eigenvalue weighted by molar-refractivity contribution is -0.116. The molecule has 0 unspecified atom stereocenters. The van der Waals surface area contributed by atoms with Gasteiger partial charge in [-0.05, 0) is 37.1 Å². The summed E-state index contributed by atoms with van der Waals surface area (Å²) in [4.78, 5) is 39.5. The van der Waals surface area contributed by atoms with Gasteiger partial charge in [0.15, 0.2) is 11.5 Å². The molecule has 2 aromatic carbocycles. The number of carbonyl (C=O) groups is 1. The van der Waals surface area contributed by atoms with Crippen LogP contribution >= 0.6 is 0 Å². The predicted molar refractivity (Wildman–Crippen MR) is 111 cm³/mol. The van der Waals surface area contributed by atoms with Crippen LogP contribution in [0.15, 0.2) is 52.1 Å². The highest BCUT2D eigenvalue weighted by molar-refractivity contribution is 5.91. The number of carbonyl (C=O) groups excluding carboxylic acids is 1. The first kappa shape index (κ1) is 20.2. The minimum absolute atomic E-state index is 0.156. The van der Waals surface area contributed by atoms with Gasteiger partial charge >= 0.3 is 5.69 Å². The molecule has 0 aliphatic rings. The van der Waals surface area contributed by atoms with Crippen molar-refractivity contribution < 1.29 is 14.3 Å². The summed E-state index contributed by atoms with van der Waals surface area (Å²) in [5, 5.41) is 3.27. The molecule has 0 aliphatic heterocycles. The Labute approximate surface area is 167 Å². The van der Waals surface area contributed by atoms with E-state index in [1.165, 1.54) is 11.7 Å². The Morgan fingerprint density at radius 1 is 1.03 bits per heavy atom. The van der Waals surface area contributed by atoms with E-state index in [1.807, 2.05) is 0 Å². The molecule has 3 rings (SSSR count). The monoisotopic (exact) mass is 397 g/mol. The van der Waals surface area contributed by atoms with Crippen molar-refractivity contribution in [2.45, 2.75) is 25.8 Å². The van der Waals surface area contributed by atoms with Crippen LogP contribution in [-0.4, -0.2) is 29.7 Å². The molecule has 0 bridgehead atoms. The number of H-pyrrole nitrogens is 1. The third kappa shape index (κ3) is 4.66. The number of hydrogen-bond acceptors (Lipinski definition) is 5. The number of amides is 1. The SMILES string of the molecule is COc1ccc(NC(=O)CCCCn2c(=O)[nH]c3ccccc3c2=O)cc1OC. The normalized spacial score (nSPS) is 10.7. The average molecular weight is 397 g/mol. The largest absolute Gasteiger partial charge is 0.493 e. The number of methoxy groups -OCH3 is 2. The highest BCUT2D eigenvalue weighted by Crippen LogP contribution is 2.29. The maximum Gasteiger partial charge on any atom is 0.328 e. The summed E-state index contributed by atoms with van der Waals surface area (Å²) in [5.41, 5.74) is 0.366. The molecule has 0 saturated carbocycles. The minimum atomic E-state index is -0.441. The third-order valence-corrected chi connectivity index (χ3v) is 4.59. The van der Waals surface area contributed by atoms with Crippen LogP contribution in [0, 0.1) is 0 Å². The van der Waals surface area contributed by atoms with Gasteiger partial charge in [0.2, 0.25) is 5.91 Å². The van der Waals surface area contributed by atoms with Crippen LogP contribution in [0.1, 0.15) is 19.3 Å². The Kier molecular flexibility index (Phi) is 6.33. The Hall–Kier alpha value is -3.55. The van der Waals surface area contributed by atoms with E-state index in [0.717, 1.165) is 0 Å². The van der Waals surface area contributed by atoms with E-state index in [1.54, 1.807) is 49.6 Å². The Balaban J connectivity index is 1.56. The smallest absolute Gasteiger partial charge is 0.328 e. The van der Waals surface area contributed by atoms with Gasteiger partial charge in [-0.1, -0.05) is 12.1 Å². The lowest BCUT2D eigenvalue weighted by atomic mass is 10.2. The standard InChI is InChI=1S/C21H23N3O5/c1-28-17-11-10-14(13-18(17)29-2)22-19(25)9-5-6-12-24-20(26)15-7-3-4-8-16(15)23-21(24)27/h3-4,7-8,10-11,13H,5-6,9,12H2,1-2H3,(H,22,25)(H,23,27). The van der Waals surface area contributed by atoms with Crippen LogP contribution in [0.2, 0.25) is 0 Å². The van der Waals surface area contributed by atoms with Gasteiger partial charge in [0, 0.05) is 24.7 Å². The number of nitrogens with one attached hydrogen (secondary N) is 2. The van der Waals surface area contributed by atoms with E-state index in [9.17, 15) is 14.4 Å². The van der Waals surface area contributed by atoms with Gasteiger partial charge < -0.3 is 19.8 Å². The lowest BCUT2D eigenvalue weighted by Gasteiger charge is -2.10. The van der Waals surface area contributed by atoms with Crippen LogP contribution in [0.5, 0.6) is 11.5 Å². The summed E-state index contributed by atoms with van der Waals surface area (Å²) in [6, 6.07) is 12.0. The molecule has 152 valence electrons. The second-order valence-electron chi connectivity index (χ2n) is 6.51. The van der Waals surface area contributed by atoms with E-state index in [0.29, 0.717) is 40.9 Å². The first-order chi connectivity index (χ1) is 14.0. The number of unbranched alkanes of at least 4 members (excludes halogenated alkanes) is 1. The molecule has 0 atom stereocenters. The van der Waals surface area contributed by atoms with Crippen molar-refractivity contribution >= 4 is 22.5 Å². The van der Waals surface area contributed by atoms with Crippen LogP contribution in [0.25, 0.3) is 10.9 Å². The number of anilines is 1. The van der Waals surface area contributed by atoms with E-state index in [-0.39, 0.29) is 24.4 Å². The molecule has 1 heterocycles. The molecular formula is C21H23N3O5. The van der Waals surface area contributed by atoms with Gasteiger partial charge in [-0.15, -0.1) is 0 Å². The topological polar surface area (TPSA) is 102 Å². The molecule has 0 saturated heterocycles. The van der Waals surface area contributed by atoms with Gasteiger partial charge in [0.05, 0.1) is 25.1 Å². The molecule has 3 aromatic rings. The Morgan fingerprint density at radius 3 is 2.55 bits per heavy atom. The molecule has 2 N–H and O–H groups in total. The van der Waals surface area contributed by atoms with E-state index in [2.05, 4.69) is 10.3 Å². The molecule has 1 amide bonds. The second-order valence-corrected chi connectivity index (χ2v) is 6.51. The van der Waals surface area contributed by atoms with Crippen molar-refractivity contribution in [2.24, 2.45) is 0 Å². The number of hydrogen-bond donors (Lipinski definition) is 2. The van der Waals surface area contributed by atoms with Gasteiger partial charge in [0.1, 0.15) is 0 Å². The van der Waals surface area contributed by atoms with Crippen molar-refractivity contribution in [3.63, 3.8) is 0 Å². The number of para-hydroxylation sites is 1. The molecule has 0 aliphatic carbocycles. The number of fused-ring (bicyclic) bond motifs is 1. The van der Waals surface area contributed by atoms with Crippen molar-refractivity contribution in [1.82, 2.24) is 9.55 Å². The van der Waals surface area contributed by atoms with Gasteiger partial charge in [0.25, 0.3) is 5.56 Å². The maximum absolute atomic E-state index is 12.5. The maximum atomic E-state index is 12.5. The zero-order valence-corrected chi connectivity index (χ0v) is 16.4. The van der Waals surface area contributed by atoms with Crippen LogP contribution < -0.4 is 26.0 Å². The molecule has 0 spiro atoms. The highest BCUT2D eigenvalue weighted by atomic mass is 16.5. The van der Waals surface area contributed by atoms with E-state index < -0.39 is 5.69 Å².